The number of hydrogen-bond donors (Lipinski definition) is 1. The molecule has 5 heteroatoms. The fraction of sp³-hybridized carbons (Fsp3) is 0.300. The topological polar surface area (TPSA) is 50.9 Å². The molecule has 0 amide bonds. The molecule has 0 aliphatic carbocycles. The van der Waals surface area contributed by atoms with Crippen molar-refractivity contribution >= 4 is 11.0 Å². The Morgan fingerprint density at radius 2 is 1.15 bits per heavy atom. The van der Waals surface area contributed by atoms with Gasteiger partial charge in [0.25, 0.3) is 0 Å². The molecule has 0 radical (unpaired) electrons. The Hall–Kier alpha value is -5.57. The molecule has 0 bridgehead atoms. The third-order valence-electron chi connectivity index (χ3n) is 12.9. The van der Waals surface area contributed by atoms with Crippen LogP contribution in [0, 0.1) is 19.9 Å². The van der Waals surface area contributed by atoms with Gasteiger partial charge in [0.1, 0.15) is 11.6 Å². The average molecular weight is 1040 g/mol. The zero-order valence-corrected chi connectivity index (χ0v) is 43.0. The van der Waals surface area contributed by atoms with E-state index in [1.165, 1.54) is 27.8 Å². The number of nitrogens with zero attached hydrogens (tertiary/aromatic N) is 3. The second kappa shape index (κ2) is 17.3. The Bertz CT molecular complexity index is 3040. The van der Waals surface area contributed by atoms with Gasteiger partial charge in [-0.05, 0) is 110 Å². The summed E-state index contributed by atoms with van der Waals surface area (Å²) in [4.78, 5) is 10.6. The molecule has 336 valence electrons. The molecule has 2 heterocycles. The summed E-state index contributed by atoms with van der Waals surface area (Å²) in [5, 5.41) is 12.5. The minimum absolute atomic E-state index is 0. The van der Waals surface area contributed by atoms with Crippen LogP contribution in [0.4, 0.5) is 0 Å². The maximum absolute atomic E-state index is 12.5. The predicted octanol–water partition coefficient (Wildman–Crippen LogP) is 16.1. The quantitative estimate of drug-likeness (QED) is 0.169. The molecule has 4 nitrogen and oxygen atoms in total. The van der Waals surface area contributed by atoms with Crippen LogP contribution in [0.25, 0.3) is 72.7 Å². The predicted molar refractivity (Wildman–Crippen MR) is 271 cm³/mol. The molecule has 6 aromatic carbocycles. The SMILES string of the molecule is Cc1cc(-n2c(-c3cc(C(C)(C)C)cc(C(C)(C)C)c3O)nc3c(-c4[c-]c(-c5cc(-c6ccc(C(C)(C)C)cc6)ccn5)cc(C(C)(C)C)c4)cccc32)cc(-c2ccccc2)c1C.[Pt]. The van der Waals surface area contributed by atoms with E-state index in [4.69, 9.17) is 9.97 Å². The van der Waals surface area contributed by atoms with Gasteiger partial charge in [-0.25, -0.2) is 4.98 Å². The first-order chi connectivity index (χ1) is 30.0. The molecule has 0 fully saturated rings. The fourth-order valence-electron chi connectivity index (χ4n) is 8.66. The molecular weight excluding hydrogens is 974 g/mol. The van der Waals surface area contributed by atoms with E-state index in [0.29, 0.717) is 11.4 Å². The molecule has 0 spiro atoms. The van der Waals surface area contributed by atoms with Crippen LogP contribution < -0.4 is 0 Å². The van der Waals surface area contributed by atoms with Crippen LogP contribution in [-0.2, 0) is 42.7 Å². The van der Waals surface area contributed by atoms with Gasteiger partial charge in [0.15, 0.2) is 0 Å². The summed E-state index contributed by atoms with van der Waals surface area (Å²) < 4.78 is 2.26. The minimum Gasteiger partial charge on any atom is -0.507 e. The van der Waals surface area contributed by atoms with Gasteiger partial charge in [-0.2, -0.15) is 0 Å². The largest absolute Gasteiger partial charge is 0.507 e. The van der Waals surface area contributed by atoms with E-state index in [-0.39, 0.29) is 48.5 Å². The Balaban J connectivity index is 0.00000630. The van der Waals surface area contributed by atoms with Crippen molar-refractivity contribution in [2.45, 2.75) is 119 Å². The van der Waals surface area contributed by atoms with Gasteiger partial charge in [-0.1, -0.05) is 173 Å². The smallest absolute Gasteiger partial charge is 0.148 e. The molecule has 0 aliphatic heterocycles. The maximum atomic E-state index is 12.5. The molecule has 1 N–H and O–H groups in total. The third kappa shape index (κ3) is 9.43. The summed E-state index contributed by atoms with van der Waals surface area (Å²) in [6, 6.07) is 47.5. The van der Waals surface area contributed by atoms with Gasteiger partial charge >= 0.3 is 0 Å². The zero-order chi connectivity index (χ0) is 46.1. The molecule has 65 heavy (non-hydrogen) atoms. The Labute approximate surface area is 402 Å². The fourth-order valence-corrected chi connectivity index (χ4v) is 8.66. The van der Waals surface area contributed by atoms with E-state index >= 15 is 0 Å². The van der Waals surface area contributed by atoms with Crippen LogP contribution in [0.15, 0.2) is 128 Å². The third-order valence-corrected chi connectivity index (χ3v) is 12.9. The van der Waals surface area contributed by atoms with Crippen molar-refractivity contribution in [1.29, 1.82) is 0 Å². The molecule has 0 aliphatic rings. The van der Waals surface area contributed by atoms with E-state index in [0.717, 1.165) is 66.9 Å². The standard InChI is InChI=1S/C60H64N3O.Pt/c1-37-29-47(36-49(38(37)2)40-19-16-15-17-20-40)63-53-22-18-21-48(54(53)62-56(63)50-34-46(59(9,10)11)35-51(55(50)64)60(12,13)14)42-30-43(32-45(31-42)58(6,7)8)52-33-41(27-28-61-52)39-23-25-44(26-24-39)57(3,4)5;/h15-29,31-36,64H,1-14H3;/q-1;. The summed E-state index contributed by atoms with van der Waals surface area (Å²) in [5.74, 6) is 0.950. The van der Waals surface area contributed by atoms with E-state index in [1.54, 1.807) is 0 Å². The second-order valence-electron chi connectivity index (χ2n) is 21.9. The Morgan fingerprint density at radius 1 is 0.523 bits per heavy atom. The van der Waals surface area contributed by atoms with Crippen molar-refractivity contribution in [3.8, 4) is 67.5 Å². The Morgan fingerprint density at radius 3 is 1.78 bits per heavy atom. The summed E-state index contributed by atoms with van der Waals surface area (Å²) in [5.41, 5.74) is 18.1. The number of hydrogen-bond acceptors (Lipinski definition) is 3. The van der Waals surface area contributed by atoms with E-state index < -0.39 is 0 Å². The van der Waals surface area contributed by atoms with E-state index in [2.05, 4.69) is 229 Å². The summed E-state index contributed by atoms with van der Waals surface area (Å²) in [7, 11) is 0. The van der Waals surface area contributed by atoms with Gasteiger partial charge < -0.3 is 5.11 Å². The molecule has 0 saturated heterocycles. The number of benzene rings is 6. The number of aromatic hydroxyl groups is 1. The zero-order valence-electron chi connectivity index (χ0n) is 40.7. The second-order valence-corrected chi connectivity index (χ2v) is 21.9. The van der Waals surface area contributed by atoms with Gasteiger partial charge in [0.2, 0.25) is 0 Å². The molecular formula is C60H64N3OPt-. The first kappa shape index (κ1) is 47.4. The van der Waals surface area contributed by atoms with Crippen LogP contribution in [0.3, 0.4) is 0 Å². The summed E-state index contributed by atoms with van der Waals surface area (Å²) in [6.07, 6.45) is 1.91. The van der Waals surface area contributed by atoms with Gasteiger partial charge in [0.05, 0.1) is 16.6 Å². The molecule has 2 aromatic heterocycles. The normalized spacial score (nSPS) is 12.4. The molecule has 0 atom stereocenters. The summed E-state index contributed by atoms with van der Waals surface area (Å²) >= 11 is 0. The van der Waals surface area contributed by atoms with Gasteiger partial charge in [0, 0.05) is 44.2 Å². The van der Waals surface area contributed by atoms with Crippen molar-refractivity contribution in [1.82, 2.24) is 14.5 Å². The van der Waals surface area contributed by atoms with Gasteiger partial charge in [-0.15, -0.1) is 29.3 Å². The van der Waals surface area contributed by atoms with Crippen LogP contribution in [-0.4, -0.2) is 19.6 Å². The number of phenols is 1. The minimum atomic E-state index is -0.316. The number of aromatic nitrogens is 3. The number of para-hydroxylation sites is 1. The maximum Gasteiger partial charge on any atom is 0.148 e. The van der Waals surface area contributed by atoms with Crippen molar-refractivity contribution in [2.24, 2.45) is 0 Å². The van der Waals surface area contributed by atoms with E-state index in [1.807, 2.05) is 6.20 Å². The number of fused-ring (bicyclic) bond motifs is 1. The van der Waals surface area contributed by atoms with Crippen molar-refractivity contribution < 1.29 is 26.2 Å². The van der Waals surface area contributed by atoms with Crippen molar-refractivity contribution in [2.75, 3.05) is 0 Å². The molecule has 8 aromatic rings. The van der Waals surface area contributed by atoms with Crippen LogP contribution in [0.2, 0.25) is 0 Å². The average Bonchev–Trinajstić information content (AvgIpc) is 3.63. The number of aryl methyl sites for hydroxylation is 1. The Kier molecular flexibility index (Phi) is 12.6. The van der Waals surface area contributed by atoms with Crippen LogP contribution >= 0.6 is 0 Å². The number of rotatable bonds is 6. The number of phenolic OH excluding ortho intramolecular Hbond substituents is 1. The molecule has 0 unspecified atom stereocenters. The molecule has 0 saturated carbocycles. The van der Waals surface area contributed by atoms with Crippen LogP contribution in [0.5, 0.6) is 5.75 Å². The van der Waals surface area contributed by atoms with Crippen molar-refractivity contribution in [3.63, 3.8) is 0 Å². The first-order valence-corrected chi connectivity index (χ1v) is 22.7. The van der Waals surface area contributed by atoms with Gasteiger partial charge in [-0.3, -0.25) is 9.55 Å². The summed E-state index contributed by atoms with van der Waals surface area (Å²) in [6.45, 7) is 31.1. The number of imidazole rings is 1. The first-order valence-electron chi connectivity index (χ1n) is 22.7. The van der Waals surface area contributed by atoms with Crippen molar-refractivity contribution in [3.05, 3.63) is 167 Å². The number of pyridine rings is 1. The molecule has 8 rings (SSSR count). The van der Waals surface area contributed by atoms with Crippen LogP contribution in [0.1, 0.15) is 116 Å². The monoisotopic (exact) mass is 1040 g/mol. The van der Waals surface area contributed by atoms with E-state index in [9.17, 15) is 5.11 Å².